The lowest BCUT2D eigenvalue weighted by Crippen LogP contribution is -2.37. The molecule has 0 aromatic rings. The van der Waals surface area contributed by atoms with E-state index in [1.54, 1.807) is 7.11 Å². The SMILES string of the molecule is CCC(COC)N1C[C@@H](C)[C@H](C(=O)O)C1. The highest BCUT2D eigenvalue weighted by Crippen LogP contribution is 2.25. The molecule has 0 radical (unpaired) electrons. The van der Waals surface area contributed by atoms with Crippen LogP contribution in [0.25, 0.3) is 0 Å². The van der Waals surface area contributed by atoms with E-state index in [1.165, 1.54) is 0 Å². The lowest BCUT2D eigenvalue weighted by Gasteiger charge is -2.25. The summed E-state index contributed by atoms with van der Waals surface area (Å²) in [4.78, 5) is 13.2. The van der Waals surface area contributed by atoms with Gasteiger partial charge in [0, 0.05) is 26.2 Å². The molecular weight excluding hydrogens is 194 g/mol. The zero-order chi connectivity index (χ0) is 11.4. The molecule has 1 aliphatic heterocycles. The van der Waals surface area contributed by atoms with Gasteiger partial charge in [-0.25, -0.2) is 0 Å². The van der Waals surface area contributed by atoms with Crippen molar-refractivity contribution in [2.24, 2.45) is 11.8 Å². The highest BCUT2D eigenvalue weighted by molar-refractivity contribution is 5.71. The minimum atomic E-state index is -0.669. The highest BCUT2D eigenvalue weighted by atomic mass is 16.5. The Labute approximate surface area is 91.2 Å². The molecule has 0 amide bonds. The Hall–Kier alpha value is -0.610. The average Bonchev–Trinajstić information content (AvgIpc) is 2.56. The van der Waals surface area contributed by atoms with Crippen LogP contribution in [0.2, 0.25) is 0 Å². The molecule has 3 atom stereocenters. The third-order valence-corrected chi connectivity index (χ3v) is 3.30. The predicted molar refractivity (Wildman–Crippen MR) is 57.8 cm³/mol. The molecule has 15 heavy (non-hydrogen) atoms. The van der Waals surface area contributed by atoms with Gasteiger partial charge in [0.15, 0.2) is 0 Å². The third kappa shape index (κ3) is 2.92. The molecule has 1 N–H and O–H groups in total. The number of carboxylic acids is 1. The van der Waals surface area contributed by atoms with Crippen molar-refractivity contribution in [3.63, 3.8) is 0 Å². The van der Waals surface area contributed by atoms with Crippen molar-refractivity contribution < 1.29 is 14.6 Å². The Morgan fingerprint density at radius 1 is 1.60 bits per heavy atom. The number of likely N-dealkylation sites (tertiary alicyclic amines) is 1. The van der Waals surface area contributed by atoms with Crippen LogP contribution in [0.4, 0.5) is 0 Å². The van der Waals surface area contributed by atoms with E-state index >= 15 is 0 Å². The number of carboxylic acid groups (broad SMARTS) is 1. The Kier molecular flexibility index (Phi) is 4.54. The minimum absolute atomic E-state index is 0.212. The summed E-state index contributed by atoms with van der Waals surface area (Å²) in [6.07, 6.45) is 1.01. The van der Waals surface area contributed by atoms with Gasteiger partial charge in [0.1, 0.15) is 0 Å². The van der Waals surface area contributed by atoms with Gasteiger partial charge >= 0.3 is 5.97 Å². The maximum atomic E-state index is 11.0. The molecule has 1 saturated heterocycles. The second kappa shape index (κ2) is 5.47. The standard InChI is InChI=1S/C11H21NO3/c1-4-9(7-15-3)12-5-8(2)10(6-12)11(13)14/h8-10H,4-7H2,1-3H3,(H,13,14)/t8-,9?,10-/m1/s1. The molecule has 0 aromatic heterocycles. The topological polar surface area (TPSA) is 49.8 Å². The molecule has 4 nitrogen and oxygen atoms in total. The molecule has 4 heteroatoms. The second-order valence-electron chi connectivity index (χ2n) is 4.39. The number of rotatable bonds is 5. The molecule has 1 heterocycles. The Bertz CT molecular complexity index is 220. The molecule has 1 unspecified atom stereocenters. The zero-order valence-corrected chi connectivity index (χ0v) is 9.77. The number of ether oxygens (including phenoxy) is 1. The molecule has 0 aromatic carbocycles. The van der Waals surface area contributed by atoms with Crippen molar-refractivity contribution in [2.45, 2.75) is 26.3 Å². The Balaban J connectivity index is 2.55. The molecule has 1 fully saturated rings. The number of hydrogen-bond donors (Lipinski definition) is 1. The van der Waals surface area contributed by atoms with Gasteiger partial charge in [0.05, 0.1) is 12.5 Å². The van der Waals surface area contributed by atoms with Crippen LogP contribution in [-0.2, 0) is 9.53 Å². The maximum Gasteiger partial charge on any atom is 0.308 e. The molecule has 1 rings (SSSR count). The van der Waals surface area contributed by atoms with Crippen LogP contribution in [0.5, 0.6) is 0 Å². The first-order valence-electron chi connectivity index (χ1n) is 5.55. The fourth-order valence-corrected chi connectivity index (χ4v) is 2.30. The van der Waals surface area contributed by atoms with Gasteiger partial charge in [0.25, 0.3) is 0 Å². The third-order valence-electron chi connectivity index (χ3n) is 3.30. The van der Waals surface area contributed by atoms with Crippen LogP contribution in [0.3, 0.4) is 0 Å². The number of nitrogens with zero attached hydrogens (tertiary/aromatic N) is 1. The zero-order valence-electron chi connectivity index (χ0n) is 9.77. The number of hydrogen-bond acceptors (Lipinski definition) is 3. The van der Waals surface area contributed by atoms with E-state index in [9.17, 15) is 4.79 Å². The molecule has 0 saturated carbocycles. The first-order valence-corrected chi connectivity index (χ1v) is 5.55. The van der Waals surface area contributed by atoms with Crippen molar-refractivity contribution in [1.29, 1.82) is 0 Å². The monoisotopic (exact) mass is 215 g/mol. The maximum absolute atomic E-state index is 11.0. The van der Waals surface area contributed by atoms with Gasteiger partial charge in [-0.15, -0.1) is 0 Å². The van der Waals surface area contributed by atoms with Gasteiger partial charge in [-0.3, -0.25) is 9.69 Å². The normalized spacial score (nSPS) is 29.3. The van der Waals surface area contributed by atoms with Crippen LogP contribution in [0.1, 0.15) is 20.3 Å². The molecule has 0 bridgehead atoms. The van der Waals surface area contributed by atoms with Crippen molar-refractivity contribution >= 4 is 5.97 Å². The molecule has 0 spiro atoms. The number of carbonyl (C=O) groups is 1. The first kappa shape index (κ1) is 12.5. The summed E-state index contributed by atoms with van der Waals surface area (Å²) in [5.74, 6) is -0.637. The van der Waals surface area contributed by atoms with Crippen LogP contribution in [0.15, 0.2) is 0 Å². The van der Waals surface area contributed by atoms with Crippen LogP contribution >= 0.6 is 0 Å². The Morgan fingerprint density at radius 2 is 2.27 bits per heavy atom. The fraction of sp³-hybridized carbons (Fsp3) is 0.909. The van der Waals surface area contributed by atoms with Crippen molar-refractivity contribution in [2.75, 3.05) is 26.8 Å². The van der Waals surface area contributed by atoms with Gasteiger partial charge in [-0.1, -0.05) is 13.8 Å². The lowest BCUT2D eigenvalue weighted by atomic mass is 9.99. The van der Waals surface area contributed by atoms with E-state index in [2.05, 4.69) is 11.8 Å². The van der Waals surface area contributed by atoms with Crippen molar-refractivity contribution in [3.05, 3.63) is 0 Å². The summed E-state index contributed by atoms with van der Waals surface area (Å²) in [6, 6.07) is 0.363. The highest BCUT2D eigenvalue weighted by Gasteiger charge is 2.37. The van der Waals surface area contributed by atoms with Gasteiger partial charge in [-0.05, 0) is 12.3 Å². The molecule has 1 aliphatic rings. The summed E-state index contributed by atoms with van der Waals surface area (Å²) >= 11 is 0. The second-order valence-corrected chi connectivity index (χ2v) is 4.39. The summed E-state index contributed by atoms with van der Waals surface area (Å²) < 4.78 is 5.15. The summed E-state index contributed by atoms with van der Waals surface area (Å²) in [5, 5.41) is 9.03. The smallest absolute Gasteiger partial charge is 0.308 e. The van der Waals surface area contributed by atoms with E-state index < -0.39 is 5.97 Å². The number of aliphatic carboxylic acids is 1. The summed E-state index contributed by atoms with van der Waals surface area (Å²) in [7, 11) is 1.69. The van der Waals surface area contributed by atoms with Crippen LogP contribution in [-0.4, -0.2) is 48.8 Å². The van der Waals surface area contributed by atoms with Gasteiger partial charge in [-0.2, -0.15) is 0 Å². The van der Waals surface area contributed by atoms with Crippen molar-refractivity contribution in [1.82, 2.24) is 4.90 Å². The average molecular weight is 215 g/mol. The summed E-state index contributed by atoms with van der Waals surface area (Å²) in [6.45, 7) is 6.35. The lowest BCUT2D eigenvalue weighted by molar-refractivity contribution is -0.142. The van der Waals surface area contributed by atoms with Crippen LogP contribution < -0.4 is 0 Å². The van der Waals surface area contributed by atoms with E-state index in [0.29, 0.717) is 19.2 Å². The quantitative estimate of drug-likeness (QED) is 0.745. The van der Waals surface area contributed by atoms with Crippen LogP contribution in [0, 0.1) is 11.8 Å². The summed E-state index contributed by atoms with van der Waals surface area (Å²) in [5.41, 5.74) is 0. The first-order chi connectivity index (χ1) is 7.10. The van der Waals surface area contributed by atoms with Gasteiger partial charge < -0.3 is 9.84 Å². The molecule has 88 valence electrons. The van der Waals surface area contributed by atoms with Crippen molar-refractivity contribution in [3.8, 4) is 0 Å². The predicted octanol–water partition coefficient (Wildman–Crippen LogP) is 1.06. The molecule has 0 aliphatic carbocycles. The van der Waals surface area contributed by atoms with Gasteiger partial charge in [0.2, 0.25) is 0 Å². The minimum Gasteiger partial charge on any atom is -0.481 e. The van der Waals surface area contributed by atoms with E-state index in [-0.39, 0.29) is 11.8 Å². The van der Waals surface area contributed by atoms with E-state index in [4.69, 9.17) is 9.84 Å². The molecular formula is C11H21NO3. The van der Waals surface area contributed by atoms with E-state index in [1.807, 2.05) is 6.92 Å². The Morgan fingerprint density at radius 3 is 2.67 bits per heavy atom. The fourth-order valence-electron chi connectivity index (χ4n) is 2.30. The largest absolute Gasteiger partial charge is 0.481 e. The number of methoxy groups -OCH3 is 1. The van der Waals surface area contributed by atoms with E-state index in [0.717, 1.165) is 13.0 Å².